The maximum atomic E-state index is 10.5. The third-order valence-corrected chi connectivity index (χ3v) is 2.98. The Morgan fingerprint density at radius 1 is 1.33 bits per heavy atom. The van der Waals surface area contributed by atoms with Gasteiger partial charge < -0.3 is 15.4 Å². The quantitative estimate of drug-likeness (QED) is 0.529. The molecule has 0 saturated carbocycles. The van der Waals surface area contributed by atoms with Crippen LogP contribution in [-0.2, 0) is 4.79 Å². The number of carbonyl (C=O) groups is 1. The summed E-state index contributed by atoms with van der Waals surface area (Å²) in [6, 6.07) is 7.92. The molecule has 0 bridgehead atoms. The summed E-state index contributed by atoms with van der Waals surface area (Å²) in [4.78, 5) is 10.5. The fraction of sp³-hybridized carbons (Fsp3) is 0.278. The molecule has 0 amide bonds. The molecule has 0 aliphatic carbocycles. The maximum Gasteiger partial charge on any atom is 0.139 e. The third kappa shape index (κ3) is 6.13. The Bertz CT molecular complexity index is 530. The van der Waals surface area contributed by atoms with Crippen molar-refractivity contribution in [1.29, 1.82) is 0 Å². The van der Waals surface area contributed by atoms with Gasteiger partial charge in [-0.3, -0.25) is 0 Å². The highest BCUT2D eigenvalue weighted by Crippen LogP contribution is 2.22. The molecule has 0 aromatic heterocycles. The molecule has 0 unspecified atom stereocenters. The van der Waals surface area contributed by atoms with E-state index < -0.39 is 0 Å². The molecule has 0 atom stereocenters. The third-order valence-electron chi connectivity index (χ3n) is 2.98. The normalized spacial score (nSPS) is 11.4. The predicted octanol–water partition coefficient (Wildman–Crippen LogP) is 4.12. The van der Waals surface area contributed by atoms with E-state index in [1.807, 2.05) is 43.5 Å². The Morgan fingerprint density at radius 3 is 2.81 bits per heavy atom. The molecule has 0 heterocycles. The van der Waals surface area contributed by atoms with E-state index in [-0.39, 0.29) is 0 Å². The van der Waals surface area contributed by atoms with Crippen LogP contribution in [0.15, 0.2) is 54.9 Å². The second-order valence-electron chi connectivity index (χ2n) is 4.78. The molecule has 0 fully saturated rings. The summed E-state index contributed by atoms with van der Waals surface area (Å²) in [5.74, 6) is 0. The maximum absolute atomic E-state index is 10.5. The topological polar surface area (TPSA) is 41.1 Å². The fourth-order valence-electron chi connectivity index (χ4n) is 1.85. The molecule has 1 aromatic rings. The molecule has 0 radical (unpaired) electrons. The van der Waals surface area contributed by atoms with Crippen LogP contribution >= 0.6 is 0 Å². The Morgan fingerprint density at radius 2 is 2.10 bits per heavy atom. The summed E-state index contributed by atoms with van der Waals surface area (Å²) in [7, 11) is 0. The summed E-state index contributed by atoms with van der Waals surface area (Å²) in [6.07, 6.45) is 9.08. The van der Waals surface area contributed by atoms with Crippen LogP contribution in [0.1, 0.15) is 32.3 Å². The van der Waals surface area contributed by atoms with E-state index >= 15 is 0 Å². The van der Waals surface area contributed by atoms with Gasteiger partial charge >= 0.3 is 0 Å². The number of unbranched alkanes of at least 4 members (excludes halogenated alkanes) is 1. The van der Waals surface area contributed by atoms with Crippen molar-refractivity contribution in [2.24, 2.45) is 0 Å². The highest BCUT2D eigenvalue weighted by atomic mass is 16.1. The molecule has 3 heteroatoms. The molecule has 0 aliphatic heterocycles. The predicted molar refractivity (Wildman–Crippen MR) is 91.0 cm³/mol. The standard InChI is InChI=1S/C18H24N2O/c1-4-5-6-9-16(3)20-14-15(2)17-10-7-8-11-18(17)19-12-13-21/h6-11,13-14,19-20H,3-5,12H2,1-2H3/b9-6-,15-14+. The minimum atomic E-state index is 0.310. The van der Waals surface area contributed by atoms with Crippen LogP contribution in [0.25, 0.3) is 5.57 Å². The molecule has 0 aliphatic rings. The number of carbonyl (C=O) groups excluding carboxylic acids is 1. The van der Waals surface area contributed by atoms with Gasteiger partial charge in [-0.1, -0.05) is 44.2 Å². The summed E-state index contributed by atoms with van der Waals surface area (Å²) >= 11 is 0. The summed E-state index contributed by atoms with van der Waals surface area (Å²) in [6.45, 7) is 8.44. The minimum Gasteiger partial charge on any atom is -0.378 e. The summed E-state index contributed by atoms with van der Waals surface area (Å²) in [5.41, 5.74) is 3.96. The molecule has 2 N–H and O–H groups in total. The average Bonchev–Trinajstić information content (AvgIpc) is 2.51. The highest BCUT2D eigenvalue weighted by molar-refractivity contribution is 5.76. The Labute approximate surface area is 127 Å². The average molecular weight is 284 g/mol. The number of para-hydroxylation sites is 1. The first-order chi connectivity index (χ1) is 10.2. The molecular weight excluding hydrogens is 260 g/mol. The van der Waals surface area contributed by atoms with Gasteiger partial charge in [-0.25, -0.2) is 0 Å². The summed E-state index contributed by atoms with van der Waals surface area (Å²) in [5, 5.41) is 6.28. The SMILES string of the molecule is C=C(/C=C\CCC)N/C=C(\C)c1ccccc1NCC=O. The van der Waals surface area contributed by atoms with E-state index in [4.69, 9.17) is 0 Å². The first-order valence-electron chi connectivity index (χ1n) is 7.24. The first kappa shape index (κ1) is 16.8. The minimum absolute atomic E-state index is 0.310. The molecule has 112 valence electrons. The zero-order valence-corrected chi connectivity index (χ0v) is 12.9. The Balaban J connectivity index is 2.73. The number of aldehydes is 1. The number of hydrogen-bond donors (Lipinski definition) is 2. The molecule has 0 spiro atoms. The smallest absolute Gasteiger partial charge is 0.139 e. The van der Waals surface area contributed by atoms with Crippen molar-refractivity contribution in [2.45, 2.75) is 26.7 Å². The lowest BCUT2D eigenvalue weighted by atomic mass is 10.1. The number of nitrogens with one attached hydrogen (secondary N) is 2. The van der Waals surface area contributed by atoms with Gasteiger partial charge in [0.25, 0.3) is 0 Å². The number of hydrogen-bond acceptors (Lipinski definition) is 3. The molecular formula is C18H24N2O. The van der Waals surface area contributed by atoms with Crippen molar-refractivity contribution in [3.05, 3.63) is 60.5 Å². The van der Waals surface area contributed by atoms with Crippen LogP contribution in [0.2, 0.25) is 0 Å². The van der Waals surface area contributed by atoms with Crippen LogP contribution < -0.4 is 10.6 Å². The van der Waals surface area contributed by atoms with E-state index in [1.54, 1.807) is 0 Å². The Hall–Kier alpha value is -2.29. The highest BCUT2D eigenvalue weighted by Gasteiger charge is 2.02. The van der Waals surface area contributed by atoms with Crippen molar-refractivity contribution in [3.8, 4) is 0 Å². The Kier molecular flexibility index (Phi) is 7.65. The van der Waals surface area contributed by atoms with E-state index in [2.05, 4.69) is 30.2 Å². The van der Waals surface area contributed by atoms with Crippen molar-refractivity contribution in [1.82, 2.24) is 5.32 Å². The van der Waals surface area contributed by atoms with Crippen molar-refractivity contribution in [3.63, 3.8) is 0 Å². The van der Waals surface area contributed by atoms with Gasteiger partial charge in [0.05, 0.1) is 6.54 Å². The van der Waals surface area contributed by atoms with Crippen LogP contribution in [-0.4, -0.2) is 12.8 Å². The van der Waals surface area contributed by atoms with Gasteiger partial charge in [-0.15, -0.1) is 0 Å². The van der Waals surface area contributed by atoms with Crippen molar-refractivity contribution >= 4 is 17.5 Å². The number of anilines is 1. The summed E-state index contributed by atoms with van der Waals surface area (Å²) < 4.78 is 0. The first-order valence-corrected chi connectivity index (χ1v) is 7.24. The largest absolute Gasteiger partial charge is 0.378 e. The lowest BCUT2D eigenvalue weighted by Crippen LogP contribution is -2.06. The number of benzene rings is 1. The molecule has 1 rings (SSSR count). The van der Waals surface area contributed by atoms with Crippen LogP contribution in [0.3, 0.4) is 0 Å². The van der Waals surface area contributed by atoms with Crippen molar-refractivity contribution in [2.75, 3.05) is 11.9 Å². The second kappa shape index (κ2) is 9.59. The van der Waals surface area contributed by atoms with E-state index in [0.29, 0.717) is 6.54 Å². The van der Waals surface area contributed by atoms with Gasteiger partial charge in [-0.05, 0) is 31.1 Å². The number of allylic oxidation sites excluding steroid dienone is 3. The van der Waals surface area contributed by atoms with Gasteiger partial charge in [-0.2, -0.15) is 0 Å². The zero-order valence-electron chi connectivity index (χ0n) is 12.9. The van der Waals surface area contributed by atoms with Crippen LogP contribution in [0.4, 0.5) is 5.69 Å². The lowest BCUT2D eigenvalue weighted by Gasteiger charge is -2.11. The van der Waals surface area contributed by atoms with E-state index in [1.165, 1.54) is 0 Å². The van der Waals surface area contributed by atoms with E-state index in [9.17, 15) is 4.79 Å². The van der Waals surface area contributed by atoms with Gasteiger partial charge in [0, 0.05) is 23.1 Å². The van der Waals surface area contributed by atoms with E-state index in [0.717, 1.165) is 41.6 Å². The number of rotatable bonds is 9. The van der Waals surface area contributed by atoms with Gasteiger partial charge in [0.15, 0.2) is 0 Å². The monoisotopic (exact) mass is 284 g/mol. The van der Waals surface area contributed by atoms with Crippen LogP contribution in [0.5, 0.6) is 0 Å². The molecule has 1 aromatic carbocycles. The lowest BCUT2D eigenvalue weighted by molar-refractivity contribution is -0.106. The zero-order chi connectivity index (χ0) is 15.5. The van der Waals surface area contributed by atoms with Gasteiger partial charge in [0.2, 0.25) is 0 Å². The molecule has 21 heavy (non-hydrogen) atoms. The van der Waals surface area contributed by atoms with Gasteiger partial charge in [0.1, 0.15) is 6.29 Å². The second-order valence-corrected chi connectivity index (χ2v) is 4.78. The molecule has 0 saturated heterocycles. The molecule has 3 nitrogen and oxygen atoms in total. The van der Waals surface area contributed by atoms with Crippen molar-refractivity contribution < 1.29 is 4.79 Å². The fourth-order valence-corrected chi connectivity index (χ4v) is 1.85. The van der Waals surface area contributed by atoms with Crippen LogP contribution in [0, 0.1) is 0 Å².